The van der Waals surface area contributed by atoms with E-state index in [2.05, 4.69) is 5.10 Å². The Morgan fingerprint density at radius 3 is 2.61 bits per heavy atom. The quantitative estimate of drug-likeness (QED) is 0.546. The fourth-order valence-corrected chi connectivity index (χ4v) is 2.38. The number of carbonyl (C=O) groups excluding carboxylic acids is 1. The SMILES string of the molecule is Cc1cc(C)n(C(=O)c2ccc(-c3ccccc3[N+](=O)[O-])o2)n1. The van der Waals surface area contributed by atoms with E-state index in [1.165, 1.54) is 16.8 Å². The van der Waals surface area contributed by atoms with E-state index in [0.29, 0.717) is 11.3 Å². The highest BCUT2D eigenvalue weighted by Crippen LogP contribution is 2.31. The standard InChI is InChI=1S/C16H13N3O4/c1-10-9-11(2)18(17-10)16(20)15-8-7-14(23-15)12-5-3-4-6-13(12)19(21)22/h3-9H,1-2H3. The van der Waals surface area contributed by atoms with Crippen molar-refractivity contribution in [2.24, 2.45) is 0 Å². The van der Waals surface area contributed by atoms with Crippen LogP contribution < -0.4 is 0 Å². The summed E-state index contributed by atoms with van der Waals surface area (Å²) in [6.07, 6.45) is 0. The number of furan rings is 1. The summed E-state index contributed by atoms with van der Waals surface area (Å²) in [7, 11) is 0. The molecule has 0 amide bonds. The van der Waals surface area contributed by atoms with Crippen LogP contribution in [0.4, 0.5) is 5.69 Å². The van der Waals surface area contributed by atoms with Gasteiger partial charge in [0.05, 0.1) is 16.2 Å². The van der Waals surface area contributed by atoms with Gasteiger partial charge in [-0.25, -0.2) is 0 Å². The molecular formula is C16H13N3O4. The molecule has 23 heavy (non-hydrogen) atoms. The third kappa shape index (κ3) is 2.64. The molecule has 0 fully saturated rings. The average molecular weight is 311 g/mol. The van der Waals surface area contributed by atoms with Crippen LogP contribution in [-0.4, -0.2) is 20.6 Å². The number of aryl methyl sites for hydroxylation is 2. The van der Waals surface area contributed by atoms with Crippen LogP contribution in [0.2, 0.25) is 0 Å². The maximum absolute atomic E-state index is 12.4. The van der Waals surface area contributed by atoms with Gasteiger partial charge >= 0.3 is 5.91 Å². The second-order valence-corrected chi connectivity index (χ2v) is 5.08. The van der Waals surface area contributed by atoms with Crippen molar-refractivity contribution in [3.63, 3.8) is 0 Å². The van der Waals surface area contributed by atoms with E-state index in [1.54, 1.807) is 44.2 Å². The molecule has 0 saturated carbocycles. The van der Waals surface area contributed by atoms with Gasteiger partial charge in [-0.15, -0.1) is 0 Å². The zero-order valence-electron chi connectivity index (χ0n) is 12.5. The molecule has 7 nitrogen and oxygen atoms in total. The van der Waals surface area contributed by atoms with Crippen molar-refractivity contribution in [2.45, 2.75) is 13.8 Å². The Morgan fingerprint density at radius 2 is 1.96 bits per heavy atom. The molecule has 0 saturated heterocycles. The maximum atomic E-state index is 12.4. The number of hydrogen-bond acceptors (Lipinski definition) is 5. The predicted molar refractivity (Wildman–Crippen MR) is 82.2 cm³/mol. The largest absolute Gasteiger partial charge is 0.451 e. The summed E-state index contributed by atoms with van der Waals surface area (Å²) < 4.78 is 6.77. The lowest BCUT2D eigenvalue weighted by Crippen LogP contribution is -2.14. The highest BCUT2D eigenvalue weighted by Gasteiger charge is 2.21. The van der Waals surface area contributed by atoms with Crippen LogP contribution in [0.1, 0.15) is 21.9 Å². The Balaban J connectivity index is 2.00. The Labute approximate surface area is 131 Å². The van der Waals surface area contributed by atoms with E-state index >= 15 is 0 Å². The molecule has 2 aromatic heterocycles. The number of nitro groups is 1. The summed E-state index contributed by atoms with van der Waals surface area (Å²) in [4.78, 5) is 23.0. The third-order valence-electron chi connectivity index (χ3n) is 3.38. The van der Waals surface area contributed by atoms with Gasteiger partial charge in [0.2, 0.25) is 0 Å². The molecule has 0 unspecified atom stereocenters. The Morgan fingerprint density at radius 1 is 1.22 bits per heavy atom. The van der Waals surface area contributed by atoms with Gasteiger partial charge in [-0.2, -0.15) is 9.78 Å². The summed E-state index contributed by atoms with van der Waals surface area (Å²) in [6, 6.07) is 11.0. The number of benzene rings is 1. The molecule has 3 rings (SSSR count). The third-order valence-corrected chi connectivity index (χ3v) is 3.38. The van der Waals surface area contributed by atoms with Gasteiger partial charge in [-0.1, -0.05) is 12.1 Å². The van der Waals surface area contributed by atoms with Gasteiger partial charge in [0, 0.05) is 11.8 Å². The monoisotopic (exact) mass is 311 g/mol. The highest BCUT2D eigenvalue weighted by atomic mass is 16.6. The predicted octanol–water partition coefficient (Wildman–Crippen LogP) is 3.36. The molecule has 3 aromatic rings. The van der Waals surface area contributed by atoms with Crippen LogP contribution in [0, 0.1) is 24.0 Å². The molecule has 2 heterocycles. The minimum atomic E-state index is -0.486. The molecular weight excluding hydrogens is 298 g/mol. The second-order valence-electron chi connectivity index (χ2n) is 5.08. The minimum Gasteiger partial charge on any atom is -0.451 e. The van der Waals surface area contributed by atoms with Crippen molar-refractivity contribution in [3.8, 4) is 11.3 Å². The van der Waals surface area contributed by atoms with Crippen molar-refractivity contribution in [2.75, 3.05) is 0 Å². The number of aromatic nitrogens is 2. The van der Waals surface area contributed by atoms with E-state index in [1.807, 2.05) is 0 Å². The van der Waals surface area contributed by atoms with Crippen molar-refractivity contribution < 1.29 is 14.1 Å². The van der Waals surface area contributed by atoms with Crippen LogP contribution in [0.5, 0.6) is 0 Å². The number of hydrogen-bond donors (Lipinski definition) is 0. The molecule has 0 radical (unpaired) electrons. The number of carbonyl (C=O) groups is 1. The molecule has 0 aliphatic rings. The molecule has 0 aliphatic heterocycles. The summed E-state index contributed by atoms with van der Waals surface area (Å²) in [5.74, 6) is -0.0769. The van der Waals surface area contributed by atoms with Gasteiger partial charge in [0.25, 0.3) is 5.69 Å². The maximum Gasteiger partial charge on any atom is 0.314 e. The first-order chi connectivity index (χ1) is 11.0. The first-order valence-corrected chi connectivity index (χ1v) is 6.89. The lowest BCUT2D eigenvalue weighted by Gasteiger charge is -2.01. The van der Waals surface area contributed by atoms with E-state index in [0.717, 1.165) is 5.69 Å². The van der Waals surface area contributed by atoms with Gasteiger partial charge in [-0.05, 0) is 38.1 Å². The van der Waals surface area contributed by atoms with Crippen LogP contribution in [0.25, 0.3) is 11.3 Å². The van der Waals surface area contributed by atoms with Crippen LogP contribution >= 0.6 is 0 Å². The Kier molecular flexibility index (Phi) is 3.53. The van der Waals surface area contributed by atoms with Crippen molar-refractivity contribution >= 4 is 11.6 Å². The minimum absolute atomic E-state index is 0.0735. The smallest absolute Gasteiger partial charge is 0.314 e. The molecule has 116 valence electrons. The van der Waals surface area contributed by atoms with E-state index in [-0.39, 0.29) is 17.2 Å². The lowest BCUT2D eigenvalue weighted by molar-refractivity contribution is -0.384. The zero-order chi connectivity index (χ0) is 16.6. The molecule has 0 atom stereocenters. The van der Waals surface area contributed by atoms with Crippen LogP contribution in [0.3, 0.4) is 0 Å². The summed E-state index contributed by atoms with van der Waals surface area (Å²) in [5.41, 5.74) is 1.66. The van der Waals surface area contributed by atoms with Gasteiger partial charge in [0.15, 0.2) is 5.76 Å². The number of rotatable bonds is 3. The van der Waals surface area contributed by atoms with E-state index < -0.39 is 10.8 Å². The van der Waals surface area contributed by atoms with Crippen molar-refractivity contribution in [3.05, 3.63) is 69.7 Å². The molecule has 1 aromatic carbocycles. The van der Waals surface area contributed by atoms with Crippen molar-refractivity contribution in [1.82, 2.24) is 9.78 Å². The fourth-order valence-electron chi connectivity index (χ4n) is 2.38. The van der Waals surface area contributed by atoms with Gasteiger partial charge < -0.3 is 4.42 Å². The first kappa shape index (κ1) is 14.7. The van der Waals surface area contributed by atoms with Gasteiger partial charge in [0.1, 0.15) is 5.76 Å². The van der Waals surface area contributed by atoms with Crippen LogP contribution in [0.15, 0.2) is 46.9 Å². The Hall–Kier alpha value is -3.22. The molecule has 0 N–H and O–H groups in total. The highest BCUT2D eigenvalue weighted by molar-refractivity contribution is 5.93. The normalized spacial score (nSPS) is 10.7. The van der Waals surface area contributed by atoms with Gasteiger partial charge in [-0.3, -0.25) is 14.9 Å². The molecule has 0 bridgehead atoms. The molecule has 7 heteroatoms. The number of nitro benzene ring substituents is 1. The Bertz CT molecular complexity index is 908. The number of para-hydroxylation sites is 1. The second kappa shape index (κ2) is 5.53. The van der Waals surface area contributed by atoms with E-state index in [4.69, 9.17) is 4.42 Å². The number of nitrogens with zero attached hydrogens (tertiary/aromatic N) is 3. The summed E-state index contributed by atoms with van der Waals surface area (Å²) in [6.45, 7) is 3.56. The summed E-state index contributed by atoms with van der Waals surface area (Å²) in [5, 5.41) is 15.2. The topological polar surface area (TPSA) is 91.2 Å². The zero-order valence-corrected chi connectivity index (χ0v) is 12.5. The summed E-state index contributed by atoms with van der Waals surface area (Å²) >= 11 is 0. The molecule has 0 aliphatic carbocycles. The fraction of sp³-hybridized carbons (Fsp3) is 0.125. The van der Waals surface area contributed by atoms with Crippen LogP contribution in [-0.2, 0) is 0 Å². The lowest BCUT2D eigenvalue weighted by atomic mass is 10.1. The van der Waals surface area contributed by atoms with E-state index in [9.17, 15) is 14.9 Å². The average Bonchev–Trinajstić information content (AvgIpc) is 3.13. The first-order valence-electron chi connectivity index (χ1n) is 6.89. The van der Waals surface area contributed by atoms with Crippen molar-refractivity contribution in [1.29, 1.82) is 0 Å². The molecule has 0 spiro atoms.